The first-order valence-corrected chi connectivity index (χ1v) is 6.71. The SMILES string of the molecule is CCCS(=O)(=O)Nc1cccc(C(C)=O)c1. The molecule has 5 heteroatoms. The molecular weight excluding hydrogens is 226 g/mol. The van der Waals surface area contributed by atoms with Crippen molar-refractivity contribution in [3.05, 3.63) is 29.8 Å². The fourth-order valence-electron chi connectivity index (χ4n) is 1.30. The maximum Gasteiger partial charge on any atom is 0.232 e. The van der Waals surface area contributed by atoms with E-state index in [0.717, 1.165) is 0 Å². The third kappa shape index (κ3) is 3.66. The van der Waals surface area contributed by atoms with E-state index in [9.17, 15) is 13.2 Å². The van der Waals surface area contributed by atoms with Gasteiger partial charge in [-0.05, 0) is 25.5 Å². The van der Waals surface area contributed by atoms with Crippen LogP contribution in [0.3, 0.4) is 0 Å². The molecule has 1 rings (SSSR count). The van der Waals surface area contributed by atoms with Crippen molar-refractivity contribution in [2.75, 3.05) is 10.5 Å². The Balaban J connectivity index is 2.90. The van der Waals surface area contributed by atoms with Crippen LogP contribution >= 0.6 is 0 Å². The van der Waals surface area contributed by atoms with Crippen molar-refractivity contribution in [2.24, 2.45) is 0 Å². The van der Waals surface area contributed by atoms with Crippen LogP contribution in [0.15, 0.2) is 24.3 Å². The number of Topliss-reactive ketones (excluding diaryl/α,β-unsaturated/α-hetero) is 1. The first-order chi connectivity index (χ1) is 7.44. The van der Waals surface area contributed by atoms with Gasteiger partial charge in [0.1, 0.15) is 0 Å². The fraction of sp³-hybridized carbons (Fsp3) is 0.364. The Morgan fingerprint density at radius 1 is 1.38 bits per heavy atom. The molecule has 0 spiro atoms. The third-order valence-electron chi connectivity index (χ3n) is 2.02. The molecule has 1 aromatic rings. The van der Waals surface area contributed by atoms with E-state index in [4.69, 9.17) is 0 Å². The quantitative estimate of drug-likeness (QED) is 0.802. The zero-order chi connectivity index (χ0) is 12.2. The summed E-state index contributed by atoms with van der Waals surface area (Å²) in [5.41, 5.74) is 0.929. The number of ketones is 1. The highest BCUT2D eigenvalue weighted by molar-refractivity contribution is 7.92. The van der Waals surface area contributed by atoms with Gasteiger partial charge in [0.15, 0.2) is 5.78 Å². The van der Waals surface area contributed by atoms with Gasteiger partial charge in [-0.1, -0.05) is 19.1 Å². The number of nitrogens with one attached hydrogen (secondary N) is 1. The largest absolute Gasteiger partial charge is 0.295 e. The predicted molar refractivity (Wildman–Crippen MR) is 64.1 cm³/mol. The maximum atomic E-state index is 11.5. The second kappa shape index (κ2) is 5.12. The molecule has 0 fully saturated rings. The maximum absolute atomic E-state index is 11.5. The average Bonchev–Trinajstić information content (AvgIpc) is 2.17. The second-order valence-corrected chi connectivity index (χ2v) is 5.40. The molecule has 4 nitrogen and oxygen atoms in total. The van der Waals surface area contributed by atoms with Gasteiger partial charge in [0.2, 0.25) is 10.0 Å². The van der Waals surface area contributed by atoms with Crippen LogP contribution < -0.4 is 4.72 Å². The minimum absolute atomic E-state index is 0.0807. The molecule has 0 bridgehead atoms. The van der Waals surface area contributed by atoms with Crippen molar-refractivity contribution < 1.29 is 13.2 Å². The van der Waals surface area contributed by atoms with Crippen molar-refractivity contribution in [1.82, 2.24) is 0 Å². The number of rotatable bonds is 5. The van der Waals surface area contributed by atoms with Crippen LogP contribution in [0.4, 0.5) is 5.69 Å². The van der Waals surface area contributed by atoms with E-state index in [2.05, 4.69) is 4.72 Å². The van der Waals surface area contributed by atoms with Gasteiger partial charge in [-0.3, -0.25) is 9.52 Å². The summed E-state index contributed by atoms with van der Waals surface area (Å²) in [6, 6.07) is 6.47. The first kappa shape index (κ1) is 12.7. The Kier molecular flexibility index (Phi) is 4.06. The molecule has 0 aliphatic carbocycles. The van der Waals surface area contributed by atoms with Crippen molar-refractivity contribution in [2.45, 2.75) is 20.3 Å². The number of carbonyl (C=O) groups excluding carboxylic acids is 1. The van der Waals surface area contributed by atoms with Crippen LogP contribution in [0.5, 0.6) is 0 Å². The lowest BCUT2D eigenvalue weighted by Crippen LogP contribution is -2.16. The highest BCUT2D eigenvalue weighted by Gasteiger charge is 2.09. The first-order valence-electron chi connectivity index (χ1n) is 5.06. The van der Waals surface area contributed by atoms with Gasteiger partial charge in [-0.25, -0.2) is 8.42 Å². The lowest BCUT2D eigenvalue weighted by atomic mass is 10.1. The zero-order valence-corrected chi connectivity index (χ0v) is 10.2. The second-order valence-electron chi connectivity index (χ2n) is 3.56. The number of sulfonamides is 1. The molecule has 0 saturated heterocycles. The summed E-state index contributed by atoms with van der Waals surface area (Å²) < 4.78 is 25.4. The summed E-state index contributed by atoms with van der Waals surface area (Å²) in [6.45, 7) is 3.24. The van der Waals surface area contributed by atoms with Gasteiger partial charge in [0, 0.05) is 11.3 Å². The average molecular weight is 241 g/mol. The normalized spacial score (nSPS) is 11.1. The van der Waals surface area contributed by atoms with Gasteiger partial charge < -0.3 is 0 Å². The lowest BCUT2D eigenvalue weighted by Gasteiger charge is -2.07. The highest BCUT2D eigenvalue weighted by atomic mass is 32.2. The Bertz CT molecular complexity index is 480. The molecule has 16 heavy (non-hydrogen) atoms. The summed E-state index contributed by atoms with van der Waals surface area (Å²) in [5, 5.41) is 0. The molecule has 0 aliphatic heterocycles. The van der Waals surface area contributed by atoms with Gasteiger partial charge in [0.25, 0.3) is 0 Å². The lowest BCUT2D eigenvalue weighted by molar-refractivity contribution is 0.101. The smallest absolute Gasteiger partial charge is 0.232 e. The number of benzene rings is 1. The van der Waals surface area contributed by atoms with Crippen molar-refractivity contribution >= 4 is 21.5 Å². The summed E-state index contributed by atoms with van der Waals surface area (Å²) in [7, 11) is -3.29. The van der Waals surface area contributed by atoms with E-state index >= 15 is 0 Å². The monoisotopic (exact) mass is 241 g/mol. The summed E-state index contributed by atoms with van der Waals surface area (Å²) >= 11 is 0. The van der Waals surface area contributed by atoms with Crippen molar-refractivity contribution in [3.8, 4) is 0 Å². The van der Waals surface area contributed by atoms with Gasteiger partial charge in [0.05, 0.1) is 5.75 Å². The van der Waals surface area contributed by atoms with E-state index in [1.807, 2.05) is 0 Å². The van der Waals surface area contributed by atoms with Crippen LogP contribution in [0, 0.1) is 0 Å². The van der Waals surface area contributed by atoms with Gasteiger partial charge in [-0.15, -0.1) is 0 Å². The summed E-state index contributed by atoms with van der Waals surface area (Å²) in [5.74, 6) is -0.00588. The van der Waals surface area contributed by atoms with Crippen LogP contribution in [-0.2, 0) is 10.0 Å². The molecule has 1 aromatic carbocycles. The Morgan fingerprint density at radius 3 is 2.62 bits per heavy atom. The zero-order valence-electron chi connectivity index (χ0n) is 9.36. The van der Waals surface area contributed by atoms with Crippen LogP contribution in [0.1, 0.15) is 30.6 Å². The van der Waals surface area contributed by atoms with Gasteiger partial charge in [-0.2, -0.15) is 0 Å². The van der Waals surface area contributed by atoms with E-state index < -0.39 is 10.0 Å². The molecule has 0 saturated carbocycles. The number of hydrogen-bond acceptors (Lipinski definition) is 3. The Labute approximate surface area is 95.7 Å². The van der Waals surface area contributed by atoms with E-state index in [1.54, 1.807) is 25.1 Å². The van der Waals surface area contributed by atoms with E-state index in [-0.39, 0.29) is 11.5 Å². The van der Waals surface area contributed by atoms with Gasteiger partial charge >= 0.3 is 0 Å². The third-order valence-corrected chi connectivity index (χ3v) is 3.51. The van der Waals surface area contributed by atoms with Crippen LogP contribution in [-0.4, -0.2) is 20.0 Å². The van der Waals surface area contributed by atoms with Crippen molar-refractivity contribution in [1.29, 1.82) is 0 Å². The Hall–Kier alpha value is -1.36. The molecule has 0 heterocycles. The molecule has 0 aromatic heterocycles. The van der Waals surface area contributed by atoms with Crippen LogP contribution in [0.25, 0.3) is 0 Å². The molecule has 1 N–H and O–H groups in total. The summed E-state index contributed by atoms with van der Waals surface area (Å²) in [4.78, 5) is 11.1. The number of hydrogen-bond donors (Lipinski definition) is 1. The molecule has 88 valence electrons. The number of carbonyl (C=O) groups is 1. The molecular formula is C11H15NO3S. The highest BCUT2D eigenvalue weighted by Crippen LogP contribution is 2.13. The van der Waals surface area contributed by atoms with E-state index in [1.165, 1.54) is 13.0 Å². The number of anilines is 1. The molecule has 0 atom stereocenters. The van der Waals surface area contributed by atoms with Crippen LogP contribution in [0.2, 0.25) is 0 Å². The Morgan fingerprint density at radius 2 is 2.06 bits per heavy atom. The summed E-state index contributed by atoms with van der Waals surface area (Å²) in [6.07, 6.45) is 0.557. The van der Waals surface area contributed by atoms with Crippen molar-refractivity contribution in [3.63, 3.8) is 0 Å². The van der Waals surface area contributed by atoms with E-state index in [0.29, 0.717) is 17.7 Å². The predicted octanol–water partition coefficient (Wildman–Crippen LogP) is 2.04. The minimum atomic E-state index is -3.29. The molecule has 0 unspecified atom stereocenters. The molecule has 0 amide bonds. The topological polar surface area (TPSA) is 63.2 Å². The standard InChI is InChI=1S/C11H15NO3S/c1-3-7-16(14,15)12-11-6-4-5-10(8-11)9(2)13/h4-6,8,12H,3,7H2,1-2H3. The molecule has 0 radical (unpaired) electrons. The minimum Gasteiger partial charge on any atom is -0.295 e. The fourth-order valence-corrected chi connectivity index (χ4v) is 2.43. The molecule has 0 aliphatic rings.